The van der Waals surface area contributed by atoms with Gasteiger partial charge in [0, 0.05) is 30.9 Å². The molecule has 0 radical (unpaired) electrons. The third-order valence-corrected chi connectivity index (χ3v) is 4.94. The van der Waals surface area contributed by atoms with Crippen LogP contribution in [0.15, 0.2) is 42.9 Å². The molecule has 0 atom stereocenters. The lowest BCUT2D eigenvalue weighted by atomic mass is 10.1. The Morgan fingerprint density at radius 1 is 1.23 bits per heavy atom. The lowest BCUT2D eigenvalue weighted by Crippen LogP contribution is -2.06. The number of imidazole rings is 1. The fraction of sp³-hybridized carbons (Fsp3) is 0.211. The van der Waals surface area contributed by atoms with Crippen molar-refractivity contribution in [3.63, 3.8) is 0 Å². The molecule has 0 spiro atoms. The van der Waals surface area contributed by atoms with Crippen LogP contribution in [-0.2, 0) is 20.0 Å². The van der Waals surface area contributed by atoms with Gasteiger partial charge in [-0.05, 0) is 37.3 Å². The van der Waals surface area contributed by atoms with Gasteiger partial charge in [-0.3, -0.25) is 0 Å². The van der Waals surface area contributed by atoms with E-state index >= 15 is 0 Å². The van der Waals surface area contributed by atoms with Gasteiger partial charge in [-0.25, -0.2) is 19.0 Å². The molecular weight excluding hydrogens is 331 g/mol. The first-order valence-corrected chi connectivity index (χ1v) is 8.47. The number of fused-ring (bicyclic) bond motifs is 5. The van der Waals surface area contributed by atoms with Gasteiger partial charge >= 0.3 is 0 Å². The van der Waals surface area contributed by atoms with E-state index in [2.05, 4.69) is 15.6 Å². The molecule has 3 aromatic heterocycles. The van der Waals surface area contributed by atoms with Crippen molar-refractivity contribution in [2.24, 2.45) is 7.05 Å². The second-order valence-corrected chi connectivity index (χ2v) is 6.60. The predicted octanol–water partition coefficient (Wildman–Crippen LogP) is 2.87. The minimum Gasteiger partial charge on any atom is -0.354 e. The topological polar surface area (TPSA) is 53.5 Å². The average molecular weight is 348 g/mol. The highest BCUT2D eigenvalue weighted by Crippen LogP contribution is 2.32. The Hall–Kier alpha value is -3.22. The molecule has 130 valence electrons. The molecule has 7 heteroatoms. The SMILES string of the molecule is Cc1ncn2c1Cn1nc(Cc3cccn3C)nc1-c1cc(F)ccc1-2. The number of hydrogen-bond acceptors (Lipinski definition) is 3. The highest BCUT2D eigenvalue weighted by molar-refractivity contribution is 5.69. The number of benzene rings is 1. The number of aryl methyl sites for hydroxylation is 2. The molecule has 1 aromatic carbocycles. The predicted molar refractivity (Wildman–Crippen MR) is 94.6 cm³/mol. The van der Waals surface area contributed by atoms with E-state index in [1.165, 1.54) is 12.1 Å². The third-order valence-electron chi connectivity index (χ3n) is 4.94. The van der Waals surface area contributed by atoms with Crippen molar-refractivity contribution in [1.29, 1.82) is 0 Å². The van der Waals surface area contributed by atoms with Gasteiger partial charge in [-0.15, -0.1) is 0 Å². The first kappa shape index (κ1) is 15.1. The Kier molecular flexibility index (Phi) is 3.12. The molecule has 1 aliphatic rings. The highest BCUT2D eigenvalue weighted by atomic mass is 19.1. The van der Waals surface area contributed by atoms with E-state index in [1.54, 1.807) is 12.4 Å². The van der Waals surface area contributed by atoms with Crippen LogP contribution < -0.4 is 0 Å². The molecule has 4 aromatic rings. The molecule has 6 nitrogen and oxygen atoms in total. The van der Waals surface area contributed by atoms with Gasteiger partial charge in [0.2, 0.25) is 0 Å². The second-order valence-electron chi connectivity index (χ2n) is 6.60. The molecule has 1 aliphatic heterocycles. The van der Waals surface area contributed by atoms with Crippen LogP contribution in [0, 0.1) is 12.7 Å². The molecule has 26 heavy (non-hydrogen) atoms. The Morgan fingerprint density at radius 3 is 2.92 bits per heavy atom. The van der Waals surface area contributed by atoms with Crippen LogP contribution >= 0.6 is 0 Å². The summed E-state index contributed by atoms with van der Waals surface area (Å²) in [4.78, 5) is 9.16. The molecule has 0 amide bonds. The van der Waals surface area contributed by atoms with Crippen molar-refractivity contribution in [3.8, 4) is 17.1 Å². The Labute approximate surface area is 149 Å². The molecule has 0 unspecified atom stereocenters. The maximum Gasteiger partial charge on any atom is 0.161 e. The van der Waals surface area contributed by atoms with Crippen molar-refractivity contribution in [3.05, 3.63) is 71.6 Å². The molecule has 5 rings (SSSR count). The molecular formula is C19H17FN6. The fourth-order valence-corrected chi connectivity index (χ4v) is 3.52. The largest absolute Gasteiger partial charge is 0.354 e. The molecule has 0 bridgehead atoms. The van der Waals surface area contributed by atoms with Gasteiger partial charge < -0.3 is 9.13 Å². The normalized spacial score (nSPS) is 12.4. The standard InChI is InChI=1S/C19H17FN6/c1-12-17-10-26-19(22-18(23-26)9-14-4-3-7-24(14)2)15-8-13(20)5-6-16(15)25(17)11-21-12/h3-8,11H,9-10H2,1-2H3. The Balaban J connectivity index is 1.69. The van der Waals surface area contributed by atoms with Gasteiger partial charge in [-0.2, -0.15) is 5.10 Å². The van der Waals surface area contributed by atoms with Gasteiger partial charge in [0.25, 0.3) is 0 Å². The molecule has 0 aliphatic carbocycles. The molecule has 0 saturated heterocycles. The van der Waals surface area contributed by atoms with Crippen molar-refractivity contribution in [2.45, 2.75) is 19.9 Å². The maximum absolute atomic E-state index is 14.0. The van der Waals surface area contributed by atoms with Crippen molar-refractivity contribution in [1.82, 2.24) is 28.9 Å². The van der Waals surface area contributed by atoms with E-state index in [0.29, 0.717) is 18.8 Å². The summed E-state index contributed by atoms with van der Waals surface area (Å²) < 4.78 is 19.9. The number of aromatic nitrogens is 6. The zero-order valence-corrected chi connectivity index (χ0v) is 14.5. The van der Waals surface area contributed by atoms with Gasteiger partial charge in [-0.1, -0.05) is 0 Å². The van der Waals surface area contributed by atoms with E-state index in [4.69, 9.17) is 10.1 Å². The number of halogens is 1. The van der Waals surface area contributed by atoms with Crippen molar-refractivity contribution in [2.75, 3.05) is 0 Å². The summed E-state index contributed by atoms with van der Waals surface area (Å²) in [5, 5.41) is 4.70. The van der Waals surface area contributed by atoms with E-state index in [0.717, 1.165) is 34.2 Å². The van der Waals surface area contributed by atoms with Crippen molar-refractivity contribution >= 4 is 0 Å². The molecule has 0 saturated carbocycles. The third kappa shape index (κ3) is 2.20. The quantitative estimate of drug-likeness (QED) is 0.493. The summed E-state index contributed by atoms with van der Waals surface area (Å²) in [6.07, 6.45) is 4.41. The summed E-state index contributed by atoms with van der Waals surface area (Å²) in [5.41, 5.74) is 4.70. The number of nitrogens with zero attached hydrogens (tertiary/aromatic N) is 6. The van der Waals surface area contributed by atoms with Crippen LogP contribution in [0.1, 0.15) is 22.9 Å². The molecule has 0 fully saturated rings. The smallest absolute Gasteiger partial charge is 0.161 e. The summed E-state index contributed by atoms with van der Waals surface area (Å²) in [7, 11) is 2.00. The van der Waals surface area contributed by atoms with Crippen LogP contribution in [0.25, 0.3) is 17.1 Å². The minimum absolute atomic E-state index is 0.289. The fourth-order valence-electron chi connectivity index (χ4n) is 3.52. The van der Waals surface area contributed by atoms with E-state index in [9.17, 15) is 4.39 Å². The van der Waals surface area contributed by atoms with E-state index in [1.807, 2.05) is 35.5 Å². The monoisotopic (exact) mass is 348 g/mol. The zero-order chi connectivity index (χ0) is 17.8. The number of rotatable bonds is 2. The van der Waals surface area contributed by atoms with Crippen LogP contribution in [0.4, 0.5) is 4.39 Å². The summed E-state index contributed by atoms with van der Waals surface area (Å²) in [6, 6.07) is 8.82. The Morgan fingerprint density at radius 2 is 2.12 bits per heavy atom. The highest BCUT2D eigenvalue weighted by Gasteiger charge is 2.24. The lowest BCUT2D eigenvalue weighted by Gasteiger charge is -2.08. The van der Waals surface area contributed by atoms with Gasteiger partial charge in [0.1, 0.15) is 5.82 Å². The van der Waals surface area contributed by atoms with Crippen molar-refractivity contribution < 1.29 is 4.39 Å². The Bertz CT molecular complexity index is 1130. The average Bonchev–Trinajstić information content (AvgIpc) is 3.28. The first-order valence-electron chi connectivity index (χ1n) is 8.47. The summed E-state index contributed by atoms with van der Waals surface area (Å²) in [5.74, 6) is 1.12. The second kappa shape index (κ2) is 5.39. The lowest BCUT2D eigenvalue weighted by molar-refractivity contribution is 0.627. The van der Waals surface area contributed by atoms with Crippen LogP contribution in [0.5, 0.6) is 0 Å². The minimum atomic E-state index is -0.289. The maximum atomic E-state index is 14.0. The summed E-state index contributed by atoms with van der Waals surface area (Å²) in [6.45, 7) is 2.53. The van der Waals surface area contributed by atoms with Crippen LogP contribution in [-0.4, -0.2) is 28.9 Å². The van der Waals surface area contributed by atoms with E-state index in [-0.39, 0.29) is 5.82 Å². The zero-order valence-electron chi connectivity index (χ0n) is 14.5. The van der Waals surface area contributed by atoms with Gasteiger partial charge in [0.05, 0.1) is 29.9 Å². The summed E-state index contributed by atoms with van der Waals surface area (Å²) >= 11 is 0. The first-order chi connectivity index (χ1) is 12.6. The molecule has 0 N–H and O–H groups in total. The van der Waals surface area contributed by atoms with Crippen LogP contribution in [0.3, 0.4) is 0 Å². The van der Waals surface area contributed by atoms with Crippen LogP contribution in [0.2, 0.25) is 0 Å². The number of hydrogen-bond donors (Lipinski definition) is 0. The van der Waals surface area contributed by atoms with E-state index < -0.39 is 0 Å². The molecule has 4 heterocycles. The van der Waals surface area contributed by atoms with Gasteiger partial charge in [0.15, 0.2) is 11.6 Å².